The molecule has 1 saturated heterocycles. The third-order valence-electron chi connectivity index (χ3n) is 4.21. The van der Waals surface area contributed by atoms with Crippen LogP contribution >= 0.6 is 11.8 Å². The van der Waals surface area contributed by atoms with E-state index in [2.05, 4.69) is 0 Å². The Morgan fingerprint density at radius 2 is 1.76 bits per heavy atom. The second-order valence-corrected chi connectivity index (χ2v) is 6.89. The van der Waals surface area contributed by atoms with Crippen molar-refractivity contribution in [2.24, 2.45) is 0 Å². The van der Waals surface area contributed by atoms with Crippen LogP contribution in [0.1, 0.15) is 38.1 Å². The smallest absolute Gasteiger partial charge is 0.495 e. The average molecular weight is 308 g/mol. The van der Waals surface area contributed by atoms with E-state index in [0.717, 1.165) is 16.6 Å². The van der Waals surface area contributed by atoms with Gasteiger partial charge in [-0.15, -0.1) is 11.8 Å². The number of carbonyl (C=O) groups excluding carboxylic acids is 1. The van der Waals surface area contributed by atoms with Crippen molar-refractivity contribution in [1.29, 1.82) is 0 Å². The van der Waals surface area contributed by atoms with Crippen LogP contribution in [0.5, 0.6) is 5.75 Å². The Morgan fingerprint density at radius 1 is 1.19 bits per heavy atom. The largest absolute Gasteiger partial charge is 0.496 e. The van der Waals surface area contributed by atoms with Crippen LogP contribution in [0.3, 0.4) is 0 Å². The molecule has 0 saturated carbocycles. The maximum atomic E-state index is 11.2. The van der Waals surface area contributed by atoms with Gasteiger partial charge in [0.1, 0.15) is 5.75 Å². The highest BCUT2D eigenvalue weighted by Gasteiger charge is 2.51. The van der Waals surface area contributed by atoms with E-state index in [-0.39, 0.29) is 0 Å². The van der Waals surface area contributed by atoms with Crippen molar-refractivity contribution in [1.82, 2.24) is 0 Å². The molecule has 0 unspecified atom stereocenters. The molecule has 0 amide bonds. The van der Waals surface area contributed by atoms with Gasteiger partial charge in [0.05, 0.1) is 23.9 Å². The van der Waals surface area contributed by atoms with Crippen LogP contribution in [0.25, 0.3) is 0 Å². The SMILES string of the molecule is COc1cc(B2OC(C)(C)C(C)(C)O2)cc(SC)c1C=O. The quantitative estimate of drug-likeness (QED) is 0.486. The molecule has 2 rings (SSSR count). The zero-order chi connectivity index (χ0) is 15.8. The van der Waals surface area contributed by atoms with E-state index in [1.807, 2.05) is 46.1 Å². The van der Waals surface area contributed by atoms with Gasteiger partial charge < -0.3 is 14.0 Å². The monoisotopic (exact) mass is 308 g/mol. The predicted molar refractivity (Wildman–Crippen MR) is 85.9 cm³/mol. The molecule has 0 aromatic heterocycles. The van der Waals surface area contributed by atoms with Gasteiger partial charge in [0.15, 0.2) is 6.29 Å². The number of hydrogen-bond donors (Lipinski definition) is 0. The minimum absolute atomic E-state index is 0.395. The molecule has 1 aromatic carbocycles. The van der Waals surface area contributed by atoms with E-state index in [1.165, 1.54) is 11.8 Å². The minimum atomic E-state index is -0.462. The fourth-order valence-corrected chi connectivity index (χ4v) is 2.81. The molecule has 4 nitrogen and oxygen atoms in total. The van der Waals surface area contributed by atoms with Crippen LogP contribution in [0.2, 0.25) is 0 Å². The lowest BCUT2D eigenvalue weighted by Crippen LogP contribution is -2.41. The molecule has 0 aliphatic carbocycles. The molecule has 0 bridgehead atoms. The summed E-state index contributed by atoms with van der Waals surface area (Å²) in [7, 11) is 1.09. The highest BCUT2D eigenvalue weighted by atomic mass is 32.2. The van der Waals surface area contributed by atoms with E-state index < -0.39 is 18.3 Å². The Bertz CT molecular complexity index is 516. The fourth-order valence-electron chi connectivity index (χ4n) is 2.19. The van der Waals surface area contributed by atoms with Crippen LogP contribution in [0.15, 0.2) is 17.0 Å². The minimum Gasteiger partial charge on any atom is -0.496 e. The molecular formula is C15H21BO4S. The zero-order valence-corrected chi connectivity index (χ0v) is 14.2. The van der Waals surface area contributed by atoms with Gasteiger partial charge in [-0.2, -0.15) is 0 Å². The number of rotatable bonds is 4. The standard InChI is InChI=1S/C15H21BO4S/c1-14(2)15(3,4)20-16(19-14)10-7-12(18-5)11(9-17)13(8-10)21-6/h7-9H,1-6H3. The van der Waals surface area contributed by atoms with Gasteiger partial charge in [-0.05, 0) is 51.5 Å². The van der Waals surface area contributed by atoms with Crippen molar-refractivity contribution in [3.8, 4) is 5.75 Å². The summed E-state index contributed by atoms with van der Waals surface area (Å²) < 4.78 is 17.4. The molecule has 1 aromatic rings. The lowest BCUT2D eigenvalue weighted by molar-refractivity contribution is 0.00578. The van der Waals surface area contributed by atoms with Crippen molar-refractivity contribution in [3.05, 3.63) is 17.7 Å². The number of ether oxygens (including phenoxy) is 1. The van der Waals surface area contributed by atoms with E-state index in [1.54, 1.807) is 7.11 Å². The first-order valence-electron chi connectivity index (χ1n) is 6.82. The maximum Gasteiger partial charge on any atom is 0.495 e. The Kier molecular flexibility index (Phi) is 4.43. The molecule has 21 heavy (non-hydrogen) atoms. The van der Waals surface area contributed by atoms with E-state index in [9.17, 15) is 4.79 Å². The zero-order valence-electron chi connectivity index (χ0n) is 13.4. The molecular weight excluding hydrogens is 287 g/mol. The highest BCUT2D eigenvalue weighted by Crippen LogP contribution is 2.37. The third-order valence-corrected chi connectivity index (χ3v) is 4.99. The number of methoxy groups -OCH3 is 1. The molecule has 0 N–H and O–H groups in total. The second kappa shape index (κ2) is 5.67. The van der Waals surface area contributed by atoms with Crippen molar-refractivity contribution >= 4 is 30.6 Å². The first-order chi connectivity index (χ1) is 9.75. The van der Waals surface area contributed by atoms with E-state index in [4.69, 9.17) is 14.0 Å². The van der Waals surface area contributed by atoms with Crippen LogP contribution < -0.4 is 10.2 Å². The number of thioether (sulfide) groups is 1. The maximum absolute atomic E-state index is 11.2. The summed E-state index contributed by atoms with van der Waals surface area (Å²) in [5.41, 5.74) is 0.632. The molecule has 0 spiro atoms. The van der Waals surface area contributed by atoms with Gasteiger partial charge in [0.25, 0.3) is 0 Å². The van der Waals surface area contributed by atoms with Gasteiger partial charge in [0, 0.05) is 4.90 Å². The Morgan fingerprint density at radius 3 is 2.19 bits per heavy atom. The van der Waals surface area contributed by atoms with Gasteiger partial charge in [0.2, 0.25) is 0 Å². The normalized spacial score (nSPS) is 19.6. The Hall–Kier alpha value is -0.975. The topological polar surface area (TPSA) is 44.8 Å². The van der Waals surface area contributed by atoms with Gasteiger partial charge >= 0.3 is 7.12 Å². The second-order valence-electron chi connectivity index (χ2n) is 6.05. The van der Waals surface area contributed by atoms with E-state index >= 15 is 0 Å². The summed E-state index contributed by atoms with van der Waals surface area (Å²) in [5.74, 6) is 0.543. The summed E-state index contributed by atoms with van der Waals surface area (Å²) in [6.45, 7) is 8.05. The Balaban J connectivity index is 2.45. The summed E-state index contributed by atoms with van der Waals surface area (Å²) in [6.07, 6.45) is 2.74. The van der Waals surface area contributed by atoms with Crippen LogP contribution in [-0.2, 0) is 9.31 Å². The molecule has 114 valence electrons. The first-order valence-corrected chi connectivity index (χ1v) is 8.05. The van der Waals surface area contributed by atoms with Gasteiger partial charge in [-0.1, -0.05) is 0 Å². The average Bonchev–Trinajstić information content (AvgIpc) is 2.65. The lowest BCUT2D eigenvalue weighted by Gasteiger charge is -2.32. The fraction of sp³-hybridized carbons (Fsp3) is 0.533. The van der Waals surface area contributed by atoms with Crippen LogP contribution in [-0.4, -0.2) is 38.0 Å². The molecule has 6 heteroatoms. The Labute approximate surface area is 130 Å². The summed E-state index contributed by atoms with van der Waals surface area (Å²) in [5, 5.41) is 0. The number of benzene rings is 1. The van der Waals surface area contributed by atoms with Gasteiger partial charge in [-0.3, -0.25) is 4.79 Å². The van der Waals surface area contributed by atoms with Gasteiger partial charge in [-0.25, -0.2) is 0 Å². The highest BCUT2D eigenvalue weighted by molar-refractivity contribution is 7.98. The van der Waals surface area contributed by atoms with Crippen molar-refractivity contribution in [3.63, 3.8) is 0 Å². The lowest BCUT2D eigenvalue weighted by atomic mass is 9.78. The predicted octanol–water partition coefficient (Wildman–Crippen LogP) is 2.53. The molecule has 1 fully saturated rings. The molecule has 1 aliphatic rings. The summed E-state index contributed by atoms with van der Waals surface area (Å²) in [4.78, 5) is 12.1. The molecule has 1 heterocycles. The molecule has 0 radical (unpaired) electrons. The number of hydrogen-bond acceptors (Lipinski definition) is 5. The molecule has 0 atom stereocenters. The van der Waals surface area contributed by atoms with Crippen molar-refractivity contribution < 1.29 is 18.8 Å². The van der Waals surface area contributed by atoms with Crippen molar-refractivity contribution in [2.45, 2.75) is 43.8 Å². The number of carbonyl (C=O) groups is 1. The number of aldehydes is 1. The third kappa shape index (κ3) is 2.85. The van der Waals surface area contributed by atoms with Crippen molar-refractivity contribution in [2.75, 3.05) is 13.4 Å². The first kappa shape index (κ1) is 16.4. The summed E-state index contributed by atoms with van der Waals surface area (Å²) in [6, 6.07) is 3.74. The van der Waals surface area contributed by atoms with Crippen LogP contribution in [0.4, 0.5) is 0 Å². The molecule has 1 aliphatic heterocycles. The summed E-state index contributed by atoms with van der Waals surface area (Å²) >= 11 is 1.50. The van der Waals surface area contributed by atoms with Crippen LogP contribution in [0, 0.1) is 0 Å². The van der Waals surface area contributed by atoms with E-state index in [0.29, 0.717) is 11.3 Å².